The fourth-order valence-corrected chi connectivity index (χ4v) is 4.18. The summed E-state index contributed by atoms with van der Waals surface area (Å²) in [6, 6.07) is 6.40. The Labute approximate surface area is 185 Å². The summed E-state index contributed by atoms with van der Waals surface area (Å²) in [5.41, 5.74) is 3.31. The lowest BCUT2D eigenvalue weighted by Crippen LogP contribution is -2.41. The lowest BCUT2D eigenvalue weighted by Gasteiger charge is -2.33. The smallest absolute Gasteiger partial charge is 0.410 e. The molecular formula is C22H24Cl2N4O2. The van der Waals surface area contributed by atoms with E-state index in [1.165, 1.54) is 11.8 Å². The number of carbonyl (C=O) groups excluding carboxylic acids is 1. The van der Waals surface area contributed by atoms with E-state index in [9.17, 15) is 4.79 Å². The van der Waals surface area contributed by atoms with Gasteiger partial charge in [-0.05, 0) is 62.8 Å². The molecule has 1 saturated heterocycles. The number of fused-ring (bicyclic) bond motifs is 1. The van der Waals surface area contributed by atoms with Crippen molar-refractivity contribution in [3.63, 3.8) is 0 Å². The molecule has 1 fully saturated rings. The van der Waals surface area contributed by atoms with Gasteiger partial charge in [-0.2, -0.15) is 0 Å². The van der Waals surface area contributed by atoms with Crippen molar-refractivity contribution in [2.45, 2.75) is 45.1 Å². The van der Waals surface area contributed by atoms with Gasteiger partial charge in [0.1, 0.15) is 5.60 Å². The summed E-state index contributed by atoms with van der Waals surface area (Å²) >= 11 is 12.2. The molecule has 0 unspecified atom stereocenters. The van der Waals surface area contributed by atoms with Gasteiger partial charge < -0.3 is 14.6 Å². The molecule has 4 rings (SSSR count). The average molecular weight is 447 g/mol. The molecule has 3 heterocycles. The molecule has 0 bridgehead atoms. The predicted molar refractivity (Wildman–Crippen MR) is 119 cm³/mol. The molecule has 0 aliphatic carbocycles. The number of carbonyl (C=O) groups is 1. The van der Waals surface area contributed by atoms with Crippen LogP contribution in [0.25, 0.3) is 22.2 Å². The number of halogens is 2. The average Bonchev–Trinajstić information content (AvgIpc) is 3.11. The van der Waals surface area contributed by atoms with E-state index in [0.29, 0.717) is 29.7 Å². The topological polar surface area (TPSA) is 71.1 Å². The predicted octanol–water partition coefficient (Wildman–Crippen LogP) is 6.05. The third kappa shape index (κ3) is 4.40. The van der Waals surface area contributed by atoms with Gasteiger partial charge in [0.15, 0.2) is 0 Å². The molecule has 0 saturated carbocycles. The maximum atomic E-state index is 12.3. The van der Waals surface area contributed by atoms with E-state index in [2.05, 4.69) is 33.2 Å². The van der Waals surface area contributed by atoms with E-state index in [1.807, 2.05) is 27.0 Å². The Morgan fingerprint density at radius 1 is 1.23 bits per heavy atom. The van der Waals surface area contributed by atoms with E-state index < -0.39 is 5.60 Å². The van der Waals surface area contributed by atoms with Crippen LogP contribution in [-0.2, 0) is 4.74 Å². The quantitative estimate of drug-likeness (QED) is 0.486. The van der Waals surface area contributed by atoms with Crippen LogP contribution >= 0.6 is 23.2 Å². The van der Waals surface area contributed by atoms with Crippen LogP contribution in [-0.4, -0.2) is 44.6 Å². The van der Waals surface area contributed by atoms with Crippen molar-refractivity contribution < 1.29 is 9.53 Å². The summed E-state index contributed by atoms with van der Waals surface area (Å²) in [4.78, 5) is 25.6. The Balaban J connectivity index is 1.51. The second kappa shape index (κ2) is 8.08. The van der Waals surface area contributed by atoms with Crippen LogP contribution in [0.4, 0.5) is 4.79 Å². The fourth-order valence-electron chi connectivity index (χ4n) is 3.85. The number of rotatable bonds is 2. The van der Waals surface area contributed by atoms with Gasteiger partial charge in [-0.3, -0.25) is 0 Å². The highest BCUT2D eigenvalue weighted by Crippen LogP contribution is 2.35. The van der Waals surface area contributed by atoms with Crippen LogP contribution in [0, 0.1) is 0 Å². The number of nitrogens with zero attached hydrogens (tertiary/aromatic N) is 3. The molecule has 1 aliphatic heterocycles. The first-order chi connectivity index (χ1) is 14.2. The lowest BCUT2D eigenvalue weighted by atomic mass is 9.89. The number of amides is 1. The molecule has 2 aromatic heterocycles. The second-order valence-corrected chi connectivity index (χ2v) is 9.33. The third-order valence-electron chi connectivity index (χ3n) is 5.29. The number of H-pyrrole nitrogens is 1. The molecule has 3 aromatic rings. The van der Waals surface area contributed by atoms with E-state index in [0.717, 1.165) is 29.3 Å². The number of hydrogen-bond acceptors (Lipinski definition) is 4. The van der Waals surface area contributed by atoms with Crippen molar-refractivity contribution in [2.24, 2.45) is 0 Å². The number of ether oxygens (including phenoxy) is 1. The molecule has 0 radical (unpaired) electrons. The summed E-state index contributed by atoms with van der Waals surface area (Å²) in [7, 11) is 0. The number of benzene rings is 1. The van der Waals surface area contributed by atoms with Crippen LogP contribution < -0.4 is 0 Å². The number of piperidine rings is 1. The summed E-state index contributed by atoms with van der Waals surface area (Å²) in [6.45, 7) is 7.06. The highest BCUT2D eigenvalue weighted by atomic mass is 35.5. The van der Waals surface area contributed by atoms with Gasteiger partial charge in [-0.1, -0.05) is 23.7 Å². The van der Waals surface area contributed by atoms with Gasteiger partial charge in [0.05, 0.1) is 16.9 Å². The van der Waals surface area contributed by atoms with Crippen LogP contribution in [0.2, 0.25) is 10.3 Å². The van der Waals surface area contributed by atoms with Crippen molar-refractivity contribution >= 4 is 40.2 Å². The van der Waals surface area contributed by atoms with Crippen molar-refractivity contribution in [1.29, 1.82) is 0 Å². The molecular weight excluding hydrogens is 423 g/mol. The summed E-state index contributed by atoms with van der Waals surface area (Å²) in [5, 5.41) is 1.65. The monoisotopic (exact) mass is 446 g/mol. The summed E-state index contributed by atoms with van der Waals surface area (Å²) < 4.78 is 5.49. The van der Waals surface area contributed by atoms with Crippen LogP contribution in [0.5, 0.6) is 0 Å². The molecule has 1 amide bonds. The normalized spacial score (nSPS) is 15.6. The van der Waals surface area contributed by atoms with Crippen molar-refractivity contribution in [2.75, 3.05) is 13.1 Å². The van der Waals surface area contributed by atoms with Gasteiger partial charge in [-0.25, -0.2) is 14.8 Å². The number of hydrogen-bond donors (Lipinski definition) is 1. The maximum absolute atomic E-state index is 12.3. The van der Waals surface area contributed by atoms with Crippen molar-refractivity contribution in [3.05, 3.63) is 46.5 Å². The Kier molecular flexibility index (Phi) is 5.64. The molecule has 6 nitrogen and oxygen atoms in total. The zero-order valence-corrected chi connectivity index (χ0v) is 18.7. The molecule has 30 heavy (non-hydrogen) atoms. The van der Waals surface area contributed by atoms with Gasteiger partial charge in [0.2, 0.25) is 5.28 Å². The van der Waals surface area contributed by atoms with Gasteiger partial charge in [-0.15, -0.1) is 0 Å². The Morgan fingerprint density at radius 3 is 2.67 bits per heavy atom. The molecule has 1 N–H and O–H groups in total. The Morgan fingerprint density at radius 2 is 1.97 bits per heavy atom. The minimum atomic E-state index is -0.471. The molecule has 0 spiro atoms. The molecule has 1 aliphatic rings. The maximum Gasteiger partial charge on any atom is 0.410 e. The molecule has 8 heteroatoms. The Bertz CT molecular complexity index is 1080. The van der Waals surface area contributed by atoms with E-state index in [1.54, 1.807) is 4.90 Å². The number of aromatic nitrogens is 3. The third-order valence-corrected chi connectivity index (χ3v) is 5.75. The zero-order chi connectivity index (χ0) is 21.5. The SMILES string of the molecule is CC(C)(C)OC(=O)N1CCC(c2ccc3c(-c4nc(Cl)ncc4Cl)c[nH]c3c2)CC1. The second-order valence-electron chi connectivity index (χ2n) is 8.58. The largest absolute Gasteiger partial charge is 0.444 e. The first-order valence-electron chi connectivity index (χ1n) is 9.98. The summed E-state index contributed by atoms with van der Waals surface area (Å²) in [6.07, 6.45) is 4.99. The van der Waals surface area contributed by atoms with Crippen LogP contribution in [0.3, 0.4) is 0 Å². The molecule has 158 valence electrons. The van der Waals surface area contributed by atoms with Gasteiger partial charge in [0, 0.05) is 35.8 Å². The zero-order valence-electron chi connectivity index (χ0n) is 17.2. The van der Waals surface area contributed by atoms with Crippen LogP contribution in [0.1, 0.15) is 45.1 Å². The van der Waals surface area contributed by atoms with E-state index >= 15 is 0 Å². The first kappa shape index (κ1) is 20.9. The fraction of sp³-hybridized carbons (Fsp3) is 0.409. The first-order valence-corrected chi connectivity index (χ1v) is 10.7. The minimum absolute atomic E-state index is 0.164. The summed E-state index contributed by atoms with van der Waals surface area (Å²) in [5.74, 6) is 0.400. The van der Waals surface area contributed by atoms with E-state index in [4.69, 9.17) is 27.9 Å². The van der Waals surface area contributed by atoms with Crippen LogP contribution in [0.15, 0.2) is 30.6 Å². The molecule has 0 atom stereocenters. The number of likely N-dealkylation sites (tertiary alicyclic amines) is 1. The highest BCUT2D eigenvalue weighted by molar-refractivity contribution is 6.34. The lowest BCUT2D eigenvalue weighted by molar-refractivity contribution is 0.0205. The van der Waals surface area contributed by atoms with E-state index in [-0.39, 0.29) is 11.4 Å². The number of aromatic amines is 1. The standard InChI is InChI=1S/C22H24Cl2N4O2/c1-22(2,3)30-21(29)28-8-6-13(7-9-28)14-4-5-15-16(11-25-18(15)10-14)19-17(23)12-26-20(24)27-19/h4-5,10-13,25H,6-9H2,1-3H3. The minimum Gasteiger partial charge on any atom is -0.444 e. The van der Waals surface area contributed by atoms with Crippen molar-refractivity contribution in [3.8, 4) is 11.3 Å². The van der Waals surface area contributed by atoms with Gasteiger partial charge >= 0.3 is 6.09 Å². The number of nitrogens with one attached hydrogen (secondary N) is 1. The highest BCUT2D eigenvalue weighted by Gasteiger charge is 2.27. The van der Waals surface area contributed by atoms with Gasteiger partial charge in [0.25, 0.3) is 0 Å². The molecule has 1 aromatic carbocycles. The Hall–Kier alpha value is -2.31. The van der Waals surface area contributed by atoms with Crippen molar-refractivity contribution in [1.82, 2.24) is 19.9 Å².